The molecule has 0 aliphatic carbocycles. The van der Waals surface area contributed by atoms with Crippen molar-refractivity contribution in [3.05, 3.63) is 65.7 Å². The van der Waals surface area contributed by atoms with E-state index in [9.17, 15) is 4.79 Å². The van der Waals surface area contributed by atoms with Crippen LogP contribution < -0.4 is 0 Å². The first kappa shape index (κ1) is 17.9. The van der Waals surface area contributed by atoms with Gasteiger partial charge in [-0.2, -0.15) is 0 Å². The Bertz CT molecular complexity index is 660. The number of hydrogen-bond acceptors (Lipinski definition) is 3. The lowest BCUT2D eigenvalue weighted by Crippen LogP contribution is -2.12. The number of carbonyl (C=O) groups is 1. The van der Waals surface area contributed by atoms with E-state index in [-0.39, 0.29) is 5.97 Å². The zero-order valence-electron chi connectivity index (χ0n) is 14.5. The number of benzene rings is 2. The summed E-state index contributed by atoms with van der Waals surface area (Å²) in [6, 6.07) is 17.2. The molecule has 0 N–H and O–H groups in total. The predicted molar refractivity (Wildman–Crippen MR) is 98.9 cm³/mol. The fraction of sp³-hybridized carbons (Fsp3) is 0.333. The van der Waals surface area contributed by atoms with Crippen LogP contribution in [-0.4, -0.2) is 11.9 Å². The van der Waals surface area contributed by atoms with Crippen molar-refractivity contribution < 1.29 is 9.53 Å². The second-order valence-electron chi connectivity index (χ2n) is 5.78. The molecule has 3 heteroatoms. The van der Waals surface area contributed by atoms with E-state index in [1.54, 1.807) is 0 Å². The van der Waals surface area contributed by atoms with Crippen molar-refractivity contribution in [1.29, 1.82) is 0 Å². The molecule has 0 saturated carbocycles. The maximum absolute atomic E-state index is 12.4. The Morgan fingerprint density at radius 3 is 2.29 bits per heavy atom. The highest BCUT2D eigenvalue weighted by Gasteiger charge is 2.11. The second-order valence-corrected chi connectivity index (χ2v) is 5.78. The third kappa shape index (κ3) is 5.65. The zero-order valence-corrected chi connectivity index (χ0v) is 14.5. The molecule has 0 aliphatic heterocycles. The Morgan fingerprint density at radius 1 is 0.958 bits per heavy atom. The molecule has 24 heavy (non-hydrogen) atoms. The molecule has 126 valence electrons. The van der Waals surface area contributed by atoms with Crippen LogP contribution in [0.4, 0.5) is 5.69 Å². The van der Waals surface area contributed by atoms with E-state index in [0.29, 0.717) is 17.9 Å². The van der Waals surface area contributed by atoms with Crippen molar-refractivity contribution in [2.75, 3.05) is 0 Å². The zero-order chi connectivity index (χ0) is 17.2. The molecule has 0 amide bonds. The smallest absolute Gasteiger partial charge is 0.344 e. The average Bonchev–Trinajstić information content (AvgIpc) is 2.61. The second kappa shape index (κ2) is 9.66. The van der Waals surface area contributed by atoms with Gasteiger partial charge in [0.2, 0.25) is 0 Å². The van der Waals surface area contributed by atoms with Crippen LogP contribution in [0.5, 0.6) is 0 Å². The number of rotatable bonds is 7. The SMILES string of the molecule is CCCCC(=Nc1ccccc1)OC(=O)c1ccc(CCC)cc1. The van der Waals surface area contributed by atoms with Crippen molar-refractivity contribution in [1.82, 2.24) is 0 Å². The Kier molecular flexibility index (Phi) is 7.21. The lowest BCUT2D eigenvalue weighted by atomic mass is 10.1. The van der Waals surface area contributed by atoms with Gasteiger partial charge in [-0.3, -0.25) is 0 Å². The van der Waals surface area contributed by atoms with Crippen LogP contribution in [0.2, 0.25) is 0 Å². The number of unbranched alkanes of at least 4 members (excludes halogenated alkanes) is 1. The van der Waals surface area contributed by atoms with Crippen molar-refractivity contribution in [3.63, 3.8) is 0 Å². The highest BCUT2D eigenvalue weighted by atomic mass is 16.5. The molecule has 3 nitrogen and oxygen atoms in total. The standard InChI is InChI=1S/C21H25NO2/c1-3-5-12-20(22-19-10-7-6-8-11-19)24-21(23)18-15-13-17(9-4-2)14-16-18/h6-8,10-11,13-16H,3-5,9,12H2,1-2H3. The fourth-order valence-corrected chi connectivity index (χ4v) is 2.37. The molecule has 2 aromatic carbocycles. The van der Waals surface area contributed by atoms with Crippen molar-refractivity contribution in [2.24, 2.45) is 4.99 Å². The lowest BCUT2D eigenvalue weighted by molar-refractivity contribution is 0.0711. The predicted octanol–water partition coefficient (Wildman–Crippen LogP) is 5.72. The van der Waals surface area contributed by atoms with Crippen LogP contribution in [0.15, 0.2) is 59.6 Å². The van der Waals surface area contributed by atoms with Gasteiger partial charge < -0.3 is 4.74 Å². The Hall–Kier alpha value is -2.42. The lowest BCUT2D eigenvalue weighted by Gasteiger charge is -2.08. The van der Waals surface area contributed by atoms with E-state index < -0.39 is 0 Å². The van der Waals surface area contributed by atoms with E-state index in [1.807, 2.05) is 54.6 Å². The molecule has 0 spiro atoms. The summed E-state index contributed by atoms with van der Waals surface area (Å²) in [6.07, 6.45) is 4.73. The fourth-order valence-electron chi connectivity index (χ4n) is 2.37. The summed E-state index contributed by atoms with van der Waals surface area (Å²) in [5, 5.41) is 0. The van der Waals surface area contributed by atoms with E-state index in [1.165, 1.54) is 5.56 Å². The third-order valence-electron chi connectivity index (χ3n) is 3.69. The van der Waals surface area contributed by atoms with Gasteiger partial charge in [-0.15, -0.1) is 0 Å². The molecule has 0 fully saturated rings. The highest BCUT2D eigenvalue weighted by molar-refractivity contribution is 5.99. The van der Waals surface area contributed by atoms with Gasteiger partial charge in [-0.05, 0) is 42.7 Å². The number of carbonyl (C=O) groups excluding carboxylic acids is 1. The highest BCUT2D eigenvalue weighted by Crippen LogP contribution is 2.14. The van der Waals surface area contributed by atoms with E-state index in [4.69, 9.17) is 4.74 Å². The van der Waals surface area contributed by atoms with Crippen molar-refractivity contribution in [3.8, 4) is 0 Å². The number of ether oxygens (including phenoxy) is 1. The van der Waals surface area contributed by atoms with Gasteiger partial charge in [-0.1, -0.05) is 57.0 Å². The maximum Gasteiger partial charge on any atom is 0.344 e. The normalized spacial score (nSPS) is 11.3. The van der Waals surface area contributed by atoms with Crippen LogP contribution in [0.25, 0.3) is 0 Å². The molecular weight excluding hydrogens is 298 g/mol. The molecule has 0 aliphatic rings. The molecule has 0 aromatic heterocycles. The topological polar surface area (TPSA) is 38.7 Å². The Labute approximate surface area is 144 Å². The number of nitrogens with zero attached hydrogens (tertiary/aromatic N) is 1. The molecule has 0 heterocycles. The molecule has 0 atom stereocenters. The number of esters is 1. The molecular formula is C21H25NO2. The minimum atomic E-state index is -0.344. The molecule has 0 unspecified atom stereocenters. The Morgan fingerprint density at radius 2 is 1.67 bits per heavy atom. The minimum Gasteiger partial charge on any atom is -0.408 e. The van der Waals surface area contributed by atoms with E-state index in [0.717, 1.165) is 31.4 Å². The maximum atomic E-state index is 12.4. The quantitative estimate of drug-likeness (QED) is 0.371. The van der Waals surface area contributed by atoms with Gasteiger partial charge >= 0.3 is 5.97 Å². The van der Waals surface area contributed by atoms with Gasteiger partial charge in [0.05, 0.1) is 11.3 Å². The monoisotopic (exact) mass is 323 g/mol. The van der Waals surface area contributed by atoms with E-state index in [2.05, 4.69) is 18.8 Å². The minimum absolute atomic E-state index is 0.344. The number of aryl methyl sites for hydroxylation is 1. The van der Waals surface area contributed by atoms with Gasteiger partial charge in [0, 0.05) is 6.42 Å². The summed E-state index contributed by atoms with van der Waals surface area (Å²) >= 11 is 0. The first-order chi connectivity index (χ1) is 11.7. The molecule has 2 rings (SSSR count). The number of para-hydroxylation sites is 1. The first-order valence-electron chi connectivity index (χ1n) is 8.66. The van der Waals surface area contributed by atoms with Crippen LogP contribution in [0.3, 0.4) is 0 Å². The summed E-state index contributed by atoms with van der Waals surface area (Å²) in [6.45, 7) is 4.25. The average molecular weight is 323 g/mol. The van der Waals surface area contributed by atoms with Crippen LogP contribution in [0.1, 0.15) is 55.5 Å². The summed E-state index contributed by atoms with van der Waals surface area (Å²) in [4.78, 5) is 16.9. The summed E-state index contributed by atoms with van der Waals surface area (Å²) in [5.74, 6) is 0.134. The number of hydrogen-bond donors (Lipinski definition) is 0. The largest absolute Gasteiger partial charge is 0.408 e. The summed E-state index contributed by atoms with van der Waals surface area (Å²) in [7, 11) is 0. The van der Waals surface area contributed by atoms with E-state index >= 15 is 0 Å². The van der Waals surface area contributed by atoms with Gasteiger partial charge in [0.25, 0.3) is 0 Å². The first-order valence-corrected chi connectivity index (χ1v) is 8.66. The molecule has 0 saturated heterocycles. The van der Waals surface area contributed by atoms with Gasteiger partial charge in [-0.25, -0.2) is 9.79 Å². The Balaban J connectivity index is 2.10. The van der Waals surface area contributed by atoms with Gasteiger partial charge in [0.15, 0.2) is 5.90 Å². The van der Waals surface area contributed by atoms with Crippen LogP contribution >= 0.6 is 0 Å². The van der Waals surface area contributed by atoms with Crippen LogP contribution in [0, 0.1) is 0 Å². The molecule has 0 bridgehead atoms. The third-order valence-corrected chi connectivity index (χ3v) is 3.69. The summed E-state index contributed by atoms with van der Waals surface area (Å²) < 4.78 is 5.55. The van der Waals surface area contributed by atoms with Crippen molar-refractivity contribution >= 4 is 17.6 Å². The molecule has 0 radical (unpaired) electrons. The van der Waals surface area contributed by atoms with Crippen LogP contribution in [-0.2, 0) is 11.2 Å². The molecule has 2 aromatic rings. The van der Waals surface area contributed by atoms with Crippen molar-refractivity contribution in [2.45, 2.75) is 46.0 Å². The summed E-state index contributed by atoms with van der Waals surface area (Å²) in [5.41, 5.74) is 2.60. The number of aliphatic imine (C=N–C) groups is 1. The van der Waals surface area contributed by atoms with Gasteiger partial charge in [0.1, 0.15) is 0 Å².